The Balaban J connectivity index is 1.79. The van der Waals surface area contributed by atoms with Gasteiger partial charge in [-0.3, -0.25) is 9.58 Å². The van der Waals surface area contributed by atoms with Crippen LogP contribution in [-0.4, -0.2) is 57.1 Å². The lowest BCUT2D eigenvalue weighted by Gasteiger charge is -2.37. The molecule has 1 fully saturated rings. The lowest BCUT2D eigenvalue weighted by molar-refractivity contribution is 0.246. The van der Waals surface area contributed by atoms with Crippen LogP contribution in [0.5, 0.6) is 0 Å². The SMILES string of the molecule is CNCc1cn(CCN2CCSC(C)(C)C2)nn1. The van der Waals surface area contributed by atoms with Gasteiger partial charge in [0.05, 0.1) is 12.2 Å². The van der Waals surface area contributed by atoms with Crippen LogP contribution in [0.3, 0.4) is 0 Å². The van der Waals surface area contributed by atoms with Gasteiger partial charge in [0.2, 0.25) is 0 Å². The van der Waals surface area contributed by atoms with Gasteiger partial charge in [-0.25, -0.2) is 0 Å². The number of nitrogens with one attached hydrogen (secondary N) is 1. The maximum atomic E-state index is 4.15. The summed E-state index contributed by atoms with van der Waals surface area (Å²) in [5.41, 5.74) is 1.01. The lowest BCUT2D eigenvalue weighted by atomic mass is 10.2. The Labute approximate surface area is 113 Å². The molecule has 102 valence electrons. The topological polar surface area (TPSA) is 46.0 Å². The third-order valence-electron chi connectivity index (χ3n) is 3.09. The molecule has 2 rings (SSSR count). The monoisotopic (exact) mass is 269 g/mol. The molecule has 0 amide bonds. The van der Waals surface area contributed by atoms with E-state index in [9.17, 15) is 0 Å². The van der Waals surface area contributed by atoms with Crippen LogP contribution in [0, 0.1) is 0 Å². The molecule has 5 nitrogen and oxygen atoms in total. The van der Waals surface area contributed by atoms with E-state index in [1.165, 1.54) is 12.3 Å². The molecule has 0 atom stereocenters. The predicted molar refractivity (Wildman–Crippen MR) is 75.8 cm³/mol. The Hall–Kier alpha value is -0.590. The van der Waals surface area contributed by atoms with Crippen LogP contribution >= 0.6 is 11.8 Å². The third kappa shape index (κ3) is 3.96. The van der Waals surface area contributed by atoms with Gasteiger partial charge in [-0.1, -0.05) is 5.21 Å². The Morgan fingerprint density at radius 1 is 1.44 bits per heavy atom. The second-order valence-corrected chi connectivity index (χ2v) is 7.19. The van der Waals surface area contributed by atoms with Gasteiger partial charge in [-0.05, 0) is 20.9 Å². The van der Waals surface area contributed by atoms with E-state index in [-0.39, 0.29) is 0 Å². The van der Waals surface area contributed by atoms with Gasteiger partial charge in [-0.15, -0.1) is 5.10 Å². The maximum Gasteiger partial charge on any atom is 0.0964 e. The number of hydrogen-bond acceptors (Lipinski definition) is 5. The van der Waals surface area contributed by atoms with Gasteiger partial charge < -0.3 is 5.32 Å². The summed E-state index contributed by atoms with van der Waals surface area (Å²) in [4.78, 5) is 2.52. The average Bonchev–Trinajstić information content (AvgIpc) is 2.74. The minimum absolute atomic E-state index is 0.387. The summed E-state index contributed by atoms with van der Waals surface area (Å²) < 4.78 is 2.33. The fourth-order valence-corrected chi connectivity index (χ4v) is 3.43. The molecule has 0 spiro atoms. The number of hydrogen-bond donors (Lipinski definition) is 1. The van der Waals surface area contributed by atoms with Crippen LogP contribution in [0.2, 0.25) is 0 Å². The highest BCUT2D eigenvalue weighted by Gasteiger charge is 2.26. The molecular formula is C12H23N5S. The van der Waals surface area contributed by atoms with Crippen molar-refractivity contribution >= 4 is 11.8 Å². The fourth-order valence-electron chi connectivity index (χ4n) is 2.26. The van der Waals surface area contributed by atoms with Crippen molar-refractivity contribution in [2.24, 2.45) is 0 Å². The molecule has 0 saturated carbocycles. The zero-order valence-corrected chi connectivity index (χ0v) is 12.3. The second-order valence-electron chi connectivity index (χ2n) is 5.39. The van der Waals surface area contributed by atoms with E-state index >= 15 is 0 Å². The van der Waals surface area contributed by atoms with Gasteiger partial charge in [0.1, 0.15) is 0 Å². The molecule has 0 unspecified atom stereocenters. The van der Waals surface area contributed by atoms with Crippen molar-refractivity contribution in [2.45, 2.75) is 31.7 Å². The molecule has 0 radical (unpaired) electrons. The summed E-state index contributed by atoms with van der Waals surface area (Å²) >= 11 is 2.07. The first-order valence-corrected chi connectivity index (χ1v) is 7.47. The number of thioether (sulfide) groups is 1. The molecular weight excluding hydrogens is 246 g/mol. The van der Waals surface area contributed by atoms with Crippen LogP contribution in [0.1, 0.15) is 19.5 Å². The number of aromatic nitrogens is 3. The zero-order valence-electron chi connectivity index (χ0n) is 11.5. The van der Waals surface area contributed by atoms with Crippen molar-refractivity contribution in [3.63, 3.8) is 0 Å². The highest BCUT2D eigenvalue weighted by atomic mass is 32.2. The Morgan fingerprint density at radius 3 is 3.00 bits per heavy atom. The van der Waals surface area contributed by atoms with Crippen molar-refractivity contribution in [3.8, 4) is 0 Å². The number of nitrogens with zero attached hydrogens (tertiary/aromatic N) is 4. The highest BCUT2D eigenvalue weighted by Crippen LogP contribution is 2.29. The van der Waals surface area contributed by atoms with E-state index in [1.54, 1.807) is 0 Å². The van der Waals surface area contributed by atoms with E-state index in [4.69, 9.17) is 0 Å². The summed E-state index contributed by atoms with van der Waals surface area (Å²) in [5.74, 6) is 1.23. The zero-order chi connectivity index (χ0) is 13.0. The van der Waals surface area contributed by atoms with E-state index in [2.05, 4.69) is 46.1 Å². The fraction of sp³-hybridized carbons (Fsp3) is 0.833. The van der Waals surface area contributed by atoms with Gasteiger partial charge in [0.15, 0.2) is 0 Å². The Morgan fingerprint density at radius 2 is 2.28 bits per heavy atom. The van der Waals surface area contributed by atoms with Crippen LogP contribution in [0.15, 0.2) is 6.20 Å². The molecule has 6 heteroatoms. The van der Waals surface area contributed by atoms with Gasteiger partial charge in [0.25, 0.3) is 0 Å². The Bertz CT molecular complexity index is 376. The van der Waals surface area contributed by atoms with Crippen LogP contribution in [0.4, 0.5) is 0 Å². The summed E-state index contributed by atoms with van der Waals surface area (Å²) in [6, 6.07) is 0. The first-order chi connectivity index (χ1) is 8.59. The molecule has 0 aliphatic carbocycles. The third-order valence-corrected chi connectivity index (χ3v) is 4.39. The smallest absolute Gasteiger partial charge is 0.0964 e. The minimum atomic E-state index is 0.387. The summed E-state index contributed by atoms with van der Waals surface area (Å²) in [6.45, 7) is 9.77. The van der Waals surface area contributed by atoms with Crippen LogP contribution in [0.25, 0.3) is 0 Å². The van der Waals surface area contributed by atoms with Gasteiger partial charge in [0, 0.05) is 42.9 Å². The highest BCUT2D eigenvalue weighted by molar-refractivity contribution is 8.00. The van der Waals surface area contributed by atoms with E-state index in [0.29, 0.717) is 4.75 Å². The lowest BCUT2D eigenvalue weighted by Crippen LogP contribution is -2.44. The van der Waals surface area contributed by atoms with Crippen molar-refractivity contribution in [2.75, 3.05) is 32.4 Å². The molecule has 1 saturated heterocycles. The van der Waals surface area contributed by atoms with Crippen molar-refractivity contribution in [3.05, 3.63) is 11.9 Å². The van der Waals surface area contributed by atoms with Crippen LogP contribution < -0.4 is 5.32 Å². The molecule has 0 bridgehead atoms. The predicted octanol–water partition coefficient (Wildman–Crippen LogP) is 0.825. The van der Waals surface area contributed by atoms with Crippen molar-refractivity contribution in [1.29, 1.82) is 0 Å². The Kier molecular flexibility index (Phi) is 4.64. The first kappa shape index (κ1) is 13.8. The van der Waals surface area contributed by atoms with E-state index < -0.39 is 0 Å². The van der Waals surface area contributed by atoms with Crippen molar-refractivity contribution < 1.29 is 0 Å². The summed E-state index contributed by atoms with van der Waals surface area (Å²) in [6.07, 6.45) is 2.03. The number of rotatable bonds is 5. The van der Waals surface area contributed by atoms with Gasteiger partial charge >= 0.3 is 0 Å². The quantitative estimate of drug-likeness (QED) is 0.858. The normalized spacial score (nSPS) is 20.2. The molecule has 1 N–H and O–H groups in total. The maximum absolute atomic E-state index is 4.15. The molecule has 0 aromatic carbocycles. The molecule has 1 aromatic rings. The van der Waals surface area contributed by atoms with E-state index in [1.807, 2.05) is 17.9 Å². The molecule has 1 aliphatic rings. The molecule has 1 aromatic heterocycles. The average molecular weight is 269 g/mol. The largest absolute Gasteiger partial charge is 0.314 e. The van der Waals surface area contributed by atoms with Crippen LogP contribution in [-0.2, 0) is 13.1 Å². The minimum Gasteiger partial charge on any atom is -0.314 e. The van der Waals surface area contributed by atoms with E-state index in [0.717, 1.165) is 31.9 Å². The molecule has 1 aliphatic heterocycles. The summed E-state index contributed by atoms with van der Waals surface area (Å²) in [7, 11) is 1.92. The molecule has 2 heterocycles. The molecule has 18 heavy (non-hydrogen) atoms. The van der Waals surface area contributed by atoms with Gasteiger partial charge in [-0.2, -0.15) is 11.8 Å². The second kappa shape index (κ2) is 6.04. The first-order valence-electron chi connectivity index (χ1n) is 6.49. The van der Waals surface area contributed by atoms with Crippen molar-refractivity contribution in [1.82, 2.24) is 25.2 Å². The summed E-state index contributed by atoms with van der Waals surface area (Å²) in [5, 5.41) is 11.4. The standard InChI is InChI=1S/C12H23N5S/c1-12(2)10-16(6-7-18-12)4-5-17-9-11(8-13-3)14-15-17/h9,13H,4-8,10H2,1-3H3.